The molecule has 7 heteroatoms. The fourth-order valence-electron chi connectivity index (χ4n) is 2.41. The number of carbonyl (C=O) groups is 1. The van der Waals surface area contributed by atoms with E-state index in [9.17, 15) is 4.79 Å². The Morgan fingerprint density at radius 3 is 2.88 bits per heavy atom. The number of aromatic amines is 1. The summed E-state index contributed by atoms with van der Waals surface area (Å²) >= 11 is 5.97. The van der Waals surface area contributed by atoms with E-state index in [1.165, 1.54) is 0 Å². The minimum Gasteiger partial charge on any atom is -0.496 e. The maximum absolute atomic E-state index is 12.2. The quantitative estimate of drug-likeness (QED) is 0.731. The zero-order valence-electron chi connectivity index (χ0n) is 13.8. The van der Waals surface area contributed by atoms with Crippen LogP contribution >= 0.6 is 11.6 Å². The molecule has 1 aromatic heterocycles. The summed E-state index contributed by atoms with van der Waals surface area (Å²) in [6.45, 7) is 1.95. The van der Waals surface area contributed by atoms with E-state index in [-0.39, 0.29) is 18.3 Å². The molecule has 0 fully saturated rings. The Balaban J connectivity index is 1.68. The summed E-state index contributed by atoms with van der Waals surface area (Å²) < 4.78 is 5.28. The van der Waals surface area contributed by atoms with E-state index in [1.54, 1.807) is 19.2 Å². The van der Waals surface area contributed by atoms with Gasteiger partial charge < -0.3 is 4.74 Å². The molecule has 6 nitrogen and oxygen atoms in total. The highest BCUT2D eigenvalue weighted by Gasteiger charge is 2.11. The second-order valence-corrected chi connectivity index (χ2v) is 5.98. The third-order valence-corrected chi connectivity index (χ3v) is 3.91. The monoisotopic (exact) mass is 356 g/mol. The lowest BCUT2D eigenvalue weighted by molar-refractivity contribution is -0.115. The molecular weight excluding hydrogens is 340 g/mol. The van der Waals surface area contributed by atoms with Crippen molar-refractivity contribution in [3.8, 4) is 17.1 Å². The molecule has 3 rings (SSSR count). The third kappa shape index (κ3) is 4.16. The number of H-pyrrole nitrogens is 1. The number of nitrogens with zero attached hydrogens (tertiary/aromatic N) is 2. The van der Waals surface area contributed by atoms with Gasteiger partial charge in [0.05, 0.1) is 13.5 Å². The van der Waals surface area contributed by atoms with Crippen LogP contribution in [0.15, 0.2) is 42.5 Å². The fourth-order valence-corrected chi connectivity index (χ4v) is 2.60. The highest BCUT2D eigenvalue weighted by Crippen LogP contribution is 2.21. The Morgan fingerprint density at radius 2 is 2.12 bits per heavy atom. The molecule has 0 bridgehead atoms. The van der Waals surface area contributed by atoms with E-state index < -0.39 is 0 Å². The van der Waals surface area contributed by atoms with Gasteiger partial charge in [-0.05, 0) is 36.2 Å². The molecule has 25 heavy (non-hydrogen) atoms. The number of hydrogen-bond donors (Lipinski definition) is 2. The van der Waals surface area contributed by atoms with Gasteiger partial charge in [-0.1, -0.05) is 35.9 Å². The number of halogens is 1. The lowest BCUT2D eigenvalue weighted by Crippen LogP contribution is -2.15. The average molecular weight is 357 g/mol. The van der Waals surface area contributed by atoms with Crippen LogP contribution in [0.25, 0.3) is 11.4 Å². The SMILES string of the molecule is COc1cc(CC(=O)Nc2n[nH]c(-c3cccc(Cl)c3)n2)ccc1C. The van der Waals surface area contributed by atoms with Gasteiger partial charge >= 0.3 is 0 Å². The van der Waals surface area contributed by atoms with Crippen molar-refractivity contribution in [2.75, 3.05) is 12.4 Å². The third-order valence-electron chi connectivity index (χ3n) is 3.67. The predicted octanol–water partition coefficient (Wildman–Crippen LogP) is 3.62. The number of nitrogens with one attached hydrogen (secondary N) is 2. The minimum atomic E-state index is -0.206. The van der Waals surface area contributed by atoms with E-state index in [2.05, 4.69) is 20.5 Å². The van der Waals surface area contributed by atoms with Gasteiger partial charge in [0.1, 0.15) is 5.75 Å². The van der Waals surface area contributed by atoms with Gasteiger partial charge in [-0.3, -0.25) is 15.2 Å². The van der Waals surface area contributed by atoms with Crippen molar-refractivity contribution in [1.82, 2.24) is 15.2 Å². The zero-order chi connectivity index (χ0) is 17.8. The van der Waals surface area contributed by atoms with Gasteiger partial charge in [0.15, 0.2) is 5.82 Å². The first-order valence-corrected chi connectivity index (χ1v) is 8.04. The van der Waals surface area contributed by atoms with Crippen LogP contribution in [0.5, 0.6) is 5.75 Å². The highest BCUT2D eigenvalue weighted by atomic mass is 35.5. The first-order valence-electron chi connectivity index (χ1n) is 7.67. The lowest BCUT2D eigenvalue weighted by atomic mass is 10.1. The number of carbonyl (C=O) groups excluding carboxylic acids is 1. The molecular formula is C18H17ClN4O2. The van der Waals surface area contributed by atoms with E-state index in [1.807, 2.05) is 37.3 Å². The summed E-state index contributed by atoms with van der Waals surface area (Å²) in [5.41, 5.74) is 2.67. The molecule has 0 atom stereocenters. The van der Waals surface area contributed by atoms with Gasteiger partial charge in [-0.2, -0.15) is 4.98 Å². The maximum atomic E-state index is 12.2. The molecule has 0 radical (unpaired) electrons. The molecule has 1 heterocycles. The van der Waals surface area contributed by atoms with Gasteiger partial charge in [0.25, 0.3) is 0 Å². The number of ether oxygens (including phenoxy) is 1. The predicted molar refractivity (Wildman–Crippen MR) is 96.9 cm³/mol. The summed E-state index contributed by atoms with van der Waals surface area (Å²) in [5.74, 6) is 1.31. The maximum Gasteiger partial charge on any atom is 0.249 e. The summed E-state index contributed by atoms with van der Waals surface area (Å²) in [7, 11) is 1.61. The Kier molecular flexibility index (Phi) is 5.00. The molecule has 0 aliphatic carbocycles. The van der Waals surface area contributed by atoms with Crippen molar-refractivity contribution in [3.05, 3.63) is 58.6 Å². The van der Waals surface area contributed by atoms with Gasteiger partial charge in [0.2, 0.25) is 11.9 Å². The van der Waals surface area contributed by atoms with Crippen LogP contribution in [0, 0.1) is 6.92 Å². The van der Waals surface area contributed by atoms with Crippen LogP contribution in [0.1, 0.15) is 11.1 Å². The van der Waals surface area contributed by atoms with Crippen LogP contribution in [0.4, 0.5) is 5.95 Å². The summed E-state index contributed by atoms with van der Waals surface area (Å²) in [6.07, 6.45) is 0.206. The molecule has 0 aliphatic rings. The number of aromatic nitrogens is 3. The molecule has 0 saturated heterocycles. The lowest BCUT2D eigenvalue weighted by Gasteiger charge is -2.07. The van der Waals surface area contributed by atoms with Crippen LogP contribution in [-0.4, -0.2) is 28.2 Å². The van der Waals surface area contributed by atoms with Gasteiger partial charge in [-0.15, -0.1) is 5.10 Å². The standard InChI is InChI=1S/C18H17ClN4O2/c1-11-6-7-12(8-15(11)25-2)9-16(24)20-18-21-17(22-23-18)13-4-3-5-14(19)10-13/h3-8,10H,9H2,1-2H3,(H2,20,21,22,23,24). The number of benzene rings is 2. The number of aryl methyl sites for hydroxylation is 1. The first kappa shape index (κ1) is 17.0. The van der Waals surface area contributed by atoms with E-state index >= 15 is 0 Å². The van der Waals surface area contributed by atoms with Crippen molar-refractivity contribution in [1.29, 1.82) is 0 Å². The fraction of sp³-hybridized carbons (Fsp3) is 0.167. The number of rotatable bonds is 5. The van der Waals surface area contributed by atoms with Crippen molar-refractivity contribution in [2.45, 2.75) is 13.3 Å². The summed E-state index contributed by atoms with van der Waals surface area (Å²) in [6, 6.07) is 12.9. The second-order valence-electron chi connectivity index (χ2n) is 5.55. The highest BCUT2D eigenvalue weighted by molar-refractivity contribution is 6.30. The van der Waals surface area contributed by atoms with Crippen molar-refractivity contribution in [3.63, 3.8) is 0 Å². The number of amides is 1. The first-order chi connectivity index (χ1) is 12.0. The van der Waals surface area contributed by atoms with Crippen LogP contribution < -0.4 is 10.1 Å². The summed E-state index contributed by atoms with van der Waals surface area (Å²) in [4.78, 5) is 16.5. The molecule has 2 aromatic carbocycles. The van der Waals surface area contributed by atoms with Crippen LogP contribution in [0.3, 0.4) is 0 Å². The molecule has 0 spiro atoms. The molecule has 0 saturated carbocycles. The topological polar surface area (TPSA) is 79.9 Å². The van der Waals surface area contributed by atoms with Crippen LogP contribution in [-0.2, 0) is 11.2 Å². The number of methoxy groups -OCH3 is 1. The van der Waals surface area contributed by atoms with E-state index in [4.69, 9.17) is 16.3 Å². The Morgan fingerprint density at radius 1 is 1.28 bits per heavy atom. The largest absolute Gasteiger partial charge is 0.496 e. The smallest absolute Gasteiger partial charge is 0.249 e. The van der Waals surface area contributed by atoms with Crippen molar-refractivity contribution < 1.29 is 9.53 Å². The zero-order valence-corrected chi connectivity index (χ0v) is 14.6. The van der Waals surface area contributed by atoms with Gasteiger partial charge in [-0.25, -0.2) is 0 Å². The molecule has 1 amide bonds. The molecule has 0 unspecified atom stereocenters. The Bertz CT molecular complexity index is 908. The van der Waals surface area contributed by atoms with E-state index in [0.717, 1.165) is 22.4 Å². The van der Waals surface area contributed by atoms with E-state index in [0.29, 0.717) is 10.8 Å². The average Bonchev–Trinajstić information content (AvgIpc) is 3.05. The van der Waals surface area contributed by atoms with Gasteiger partial charge in [0, 0.05) is 10.6 Å². The van der Waals surface area contributed by atoms with Crippen molar-refractivity contribution in [2.24, 2.45) is 0 Å². The molecule has 128 valence electrons. The van der Waals surface area contributed by atoms with Crippen molar-refractivity contribution >= 4 is 23.5 Å². The van der Waals surface area contributed by atoms with Crippen LogP contribution in [0.2, 0.25) is 5.02 Å². The summed E-state index contributed by atoms with van der Waals surface area (Å²) in [5, 5.41) is 10.1. The normalized spacial score (nSPS) is 10.5. The Hall–Kier alpha value is -2.86. The molecule has 3 aromatic rings. The molecule has 0 aliphatic heterocycles. The number of anilines is 1. The Labute approximate surface area is 150 Å². The second kappa shape index (κ2) is 7.36. The minimum absolute atomic E-state index is 0.206. The number of hydrogen-bond acceptors (Lipinski definition) is 4. The molecule has 2 N–H and O–H groups in total.